The lowest BCUT2D eigenvalue weighted by Crippen LogP contribution is -1.97. The number of imidazole rings is 1. The minimum Gasteiger partial charge on any atom is -0.454 e. The molecule has 2 aromatic heterocycles. The van der Waals surface area contributed by atoms with Crippen molar-refractivity contribution in [3.8, 4) is 22.8 Å². The number of hydrogen-bond acceptors (Lipinski definition) is 5. The molecule has 7 heteroatoms. The zero-order valence-corrected chi connectivity index (χ0v) is 15.1. The average Bonchev–Trinajstić information content (AvgIpc) is 3.28. The van der Waals surface area contributed by atoms with Crippen molar-refractivity contribution < 1.29 is 9.47 Å². The summed E-state index contributed by atoms with van der Waals surface area (Å²) >= 11 is 3.46. The Morgan fingerprint density at radius 1 is 1.04 bits per heavy atom. The second-order valence-electron chi connectivity index (χ2n) is 5.81. The summed E-state index contributed by atoms with van der Waals surface area (Å²) in [5.74, 6) is 2.34. The summed E-state index contributed by atoms with van der Waals surface area (Å²) in [6, 6.07) is 13.8. The molecule has 3 heterocycles. The van der Waals surface area contributed by atoms with Gasteiger partial charge >= 0.3 is 0 Å². The molecule has 0 bridgehead atoms. The fourth-order valence-electron chi connectivity index (χ4n) is 2.94. The van der Waals surface area contributed by atoms with E-state index in [1.165, 1.54) is 0 Å². The minimum absolute atomic E-state index is 0.248. The SMILES string of the molecule is Brc1ccc(Nc2c(-c3ccc4c(c3)OCO4)nc3cnccn23)cc1. The average molecular weight is 409 g/mol. The molecule has 1 N–H and O–H groups in total. The number of aromatic nitrogens is 3. The molecule has 26 heavy (non-hydrogen) atoms. The highest BCUT2D eigenvalue weighted by Crippen LogP contribution is 2.38. The Morgan fingerprint density at radius 3 is 2.77 bits per heavy atom. The second-order valence-corrected chi connectivity index (χ2v) is 6.73. The molecule has 128 valence electrons. The van der Waals surface area contributed by atoms with Gasteiger partial charge in [-0.3, -0.25) is 9.38 Å². The predicted octanol–water partition coefficient (Wildman–Crippen LogP) is 4.63. The molecule has 0 aliphatic carbocycles. The number of rotatable bonds is 3. The summed E-state index contributed by atoms with van der Waals surface area (Å²) in [5.41, 5.74) is 3.49. The minimum atomic E-state index is 0.248. The smallest absolute Gasteiger partial charge is 0.231 e. The first-order valence-electron chi connectivity index (χ1n) is 8.03. The van der Waals surface area contributed by atoms with Gasteiger partial charge in [0.05, 0.1) is 6.20 Å². The monoisotopic (exact) mass is 408 g/mol. The van der Waals surface area contributed by atoms with Crippen molar-refractivity contribution in [1.82, 2.24) is 14.4 Å². The molecular weight excluding hydrogens is 396 g/mol. The van der Waals surface area contributed by atoms with Gasteiger partial charge in [-0.15, -0.1) is 0 Å². The summed E-state index contributed by atoms with van der Waals surface area (Å²) < 4.78 is 13.9. The predicted molar refractivity (Wildman–Crippen MR) is 102 cm³/mol. The standard InChI is InChI=1S/C19H13BrN4O2/c20-13-2-4-14(5-3-13)22-19-18(23-17-10-21-7-8-24(17)19)12-1-6-15-16(9-12)26-11-25-15/h1-10,22H,11H2. The van der Waals surface area contributed by atoms with Crippen molar-refractivity contribution in [2.75, 3.05) is 12.1 Å². The number of nitrogens with one attached hydrogen (secondary N) is 1. The van der Waals surface area contributed by atoms with Crippen LogP contribution in [-0.4, -0.2) is 21.2 Å². The molecule has 0 fully saturated rings. The summed E-state index contributed by atoms with van der Waals surface area (Å²) in [7, 11) is 0. The van der Waals surface area contributed by atoms with Crippen LogP contribution in [0.15, 0.2) is 65.5 Å². The maximum atomic E-state index is 5.51. The van der Waals surface area contributed by atoms with E-state index in [2.05, 4.69) is 26.2 Å². The fourth-order valence-corrected chi connectivity index (χ4v) is 3.21. The van der Waals surface area contributed by atoms with E-state index in [1.807, 2.05) is 53.1 Å². The Hall–Kier alpha value is -3.06. The van der Waals surface area contributed by atoms with Crippen molar-refractivity contribution in [3.05, 3.63) is 65.5 Å². The molecule has 0 unspecified atom stereocenters. The molecule has 0 radical (unpaired) electrons. The van der Waals surface area contributed by atoms with Crippen LogP contribution in [0.1, 0.15) is 0 Å². The van der Waals surface area contributed by atoms with Crippen LogP contribution < -0.4 is 14.8 Å². The van der Waals surface area contributed by atoms with Crippen molar-refractivity contribution in [2.24, 2.45) is 0 Å². The Morgan fingerprint density at radius 2 is 1.88 bits per heavy atom. The Kier molecular flexibility index (Phi) is 3.53. The fraction of sp³-hybridized carbons (Fsp3) is 0.0526. The van der Waals surface area contributed by atoms with Crippen LogP contribution in [0.4, 0.5) is 11.5 Å². The molecule has 1 aliphatic rings. The highest BCUT2D eigenvalue weighted by atomic mass is 79.9. The molecule has 2 aromatic carbocycles. The van der Waals surface area contributed by atoms with E-state index in [4.69, 9.17) is 14.5 Å². The highest BCUT2D eigenvalue weighted by molar-refractivity contribution is 9.10. The quantitative estimate of drug-likeness (QED) is 0.535. The Labute approximate surface area is 157 Å². The van der Waals surface area contributed by atoms with Crippen LogP contribution >= 0.6 is 15.9 Å². The number of benzene rings is 2. The van der Waals surface area contributed by atoms with Gasteiger partial charge in [0, 0.05) is 28.1 Å². The summed E-state index contributed by atoms with van der Waals surface area (Å²) in [5, 5.41) is 3.47. The zero-order chi connectivity index (χ0) is 17.5. The molecular formula is C19H13BrN4O2. The third-order valence-electron chi connectivity index (χ3n) is 4.18. The van der Waals surface area contributed by atoms with E-state index < -0.39 is 0 Å². The molecule has 0 spiro atoms. The number of anilines is 2. The molecule has 5 rings (SSSR count). The zero-order valence-electron chi connectivity index (χ0n) is 13.5. The molecule has 1 aliphatic heterocycles. The first-order valence-corrected chi connectivity index (χ1v) is 8.82. The van der Waals surface area contributed by atoms with E-state index in [9.17, 15) is 0 Å². The lowest BCUT2D eigenvalue weighted by molar-refractivity contribution is 0.174. The van der Waals surface area contributed by atoms with E-state index in [0.29, 0.717) is 0 Å². The number of nitrogens with zero attached hydrogens (tertiary/aromatic N) is 3. The third kappa shape index (κ3) is 2.57. The molecule has 0 amide bonds. The molecule has 4 aromatic rings. The third-order valence-corrected chi connectivity index (χ3v) is 4.71. The van der Waals surface area contributed by atoms with E-state index in [-0.39, 0.29) is 6.79 Å². The molecule has 0 atom stereocenters. The molecule has 6 nitrogen and oxygen atoms in total. The van der Waals surface area contributed by atoms with Gasteiger partial charge in [-0.25, -0.2) is 4.98 Å². The number of halogens is 1. The van der Waals surface area contributed by atoms with Gasteiger partial charge in [0.2, 0.25) is 6.79 Å². The largest absolute Gasteiger partial charge is 0.454 e. The highest BCUT2D eigenvalue weighted by Gasteiger charge is 2.19. The van der Waals surface area contributed by atoms with Crippen LogP contribution in [-0.2, 0) is 0 Å². The van der Waals surface area contributed by atoms with Crippen LogP contribution in [0.2, 0.25) is 0 Å². The number of fused-ring (bicyclic) bond motifs is 2. The first kappa shape index (κ1) is 15.2. The summed E-state index contributed by atoms with van der Waals surface area (Å²) in [6.45, 7) is 0.248. The summed E-state index contributed by atoms with van der Waals surface area (Å²) in [6.07, 6.45) is 5.37. The lowest BCUT2D eigenvalue weighted by Gasteiger charge is -2.09. The normalized spacial score (nSPS) is 12.5. The van der Waals surface area contributed by atoms with Crippen LogP contribution in [0.5, 0.6) is 11.5 Å². The lowest BCUT2D eigenvalue weighted by atomic mass is 10.1. The van der Waals surface area contributed by atoms with Crippen molar-refractivity contribution in [2.45, 2.75) is 0 Å². The molecule has 0 saturated carbocycles. The van der Waals surface area contributed by atoms with Crippen molar-refractivity contribution in [1.29, 1.82) is 0 Å². The maximum absolute atomic E-state index is 5.51. The van der Waals surface area contributed by atoms with Crippen molar-refractivity contribution >= 4 is 33.1 Å². The summed E-state index contributed by atoms with van der Waals surface area (Å²) in [4.78, 5) is 8.93. The van der Waals surface area contributed by atoms with Gasteiger partial charge in [0.25, 0.3) is 0 Å². The van der Waals surface area contributed by atoms with Gasteiger partial charge < -0.3 is 14.8 Å². The maximum Gasteiger partial charge on any atom is 0.231 e. The second kappa shape index (κ2) is 6.03. The van der Waals surface area contributed by atoms with E-state index >= 15 is 0 Å². The Balaban J connectivity index is 1.66. The first-order chi connectivity index (χ1) is 12.8. The van der Waals surface area contributed by atoms with Gasteiger partial charge in [-0.2, -0.15) is 0 Å². The number of ether oxygens (including phenoxy) is 2. The topological polar surface area (TPSA) is 60.7 Å². The van der Waals surface area contributed by atoms with E-state index in [1.54, 1.807) is 12.4 Å². The van der Waals surface area contributed by atoms with Crippen molar-refractivity contribution in [3.63, 3.8) is 0 Å². The van der Waals surface area contributed by atoms with Gasteiger partial charge in [0.1, 0.15) is 11.5 Å². The Bertz CT molecular complexity index is 1110. The van der Waals surface area contributed by atoms with Gasteiger partial charge in [-0.05, 0) is 42.5 Å². The van der Waals surface area contributed by atoms with Crippen LogP contribution in [0, 0.1) is 0 Å². The van der Waals surface area contributed by atoms with E-state index in [0.717, 1.165) is 44.4 Å². The van der Waals surface area contributed by atoms with Gasteiger partial charge in [0.15, 0.2) is 17.1 Å². The van der Waals surface area contributed by atoms with Gasteiger partial charge in [-0.1, -0.05) is 15.9 Å². The van der Waals surface area contributed by atoms with Crippen LogP contribution in [0.3, 0.4) is 0 Å². The van der Waals surface area contributed by atoms with Crippen LogP contribution in [0.25, 0.3) is 16.9 Å². The molecule has 0 saturated heterocycles. The number of hydrogen-bond donors (Lipinski definition) is 1.